The van der Waals surface area contributed by atoms with Crippen LogP contribution in [-0.2, 0) is 37.5 Å². The molecule has 6 heterocycles. The molecule has 2 aliphatic heterocycles. The number of hydrogen-bond acceptors (Lipinski definition) is 12. The Morgan fingerprint density at radius 3 is 2.08 bits per heavy atom. The molecule has 0 saturated carbocycles. The van der Waals surface area contributed by atoms with E-state index in [0.717, 1.165) is 26.1 Å². The molecule has 0 spiro atoms. The van der Waals surface area contributed by atoms with Crippen LogP contribution in [0.4, 0.5) is 11.9 Å². The van der Waals surface area contributed by atoms with Crippen molar-refractivity contribution < 1.29 is 33.4 Å². The van der Waals surface area contributed by atoms with E-state index < -0.39 is 17.7 Å². The van der Waals surface area contributed by atoms with E-state index in [1.165, 1.54) is 13.2 Å². The number of anilines is 2. The van der Waals surface area contributed by atoms with Crippen LogP contribution in [0.1, 0.15) is 78.9 Å². The number of amides is 4. The third-order valence-corrected chi connectivity index (χ3v) is 11.1. The predicted octanol–water partition coefficient (Wildman–Crippen LogP) is 3.65. The molecule has 0 aliphatic carbocycles. The molecule has 0 radical (unpaired) electrons. The molecule has 0 atom stereocenters. The number of aromatic nitrogens is 8. The van der Waals surface area contributed by atoms with Crippen LogP contribution in [0, 0.1) is 13.8 Å². The van der Waals surface area contributed by atoms with E-state index in [1.54, 1.807) is 38.2 Å². The second-order valence-corrected chi connectivity index (χ2v) is 15.3. The van der Waals surface area contributed by atoms with Gasteiger partial charge in [-0.1, -0.05) is 12.2 Å². The SMILES string of the molecule is CCn1nc(C)cc1C(=O)Nc1nc2cc(C(N)=O)cc(OC)c2n1C/C=C/Cn1c(NC(=O)c2cc(C)nn2CC)nc2c3c(cc(OCCCN4CCOCC4)c21)C(=O)NC3. The smallest absolute Gasteiger partial charge is 0.276 e. The van der Waals surface area contributed by atoms with Gasteiger partial charge < -0.3 is 34.4 Å². The number of nitrogens with one attached hydrogen (secondary N) is 3. The van der Waals surface area contributed by atoms with Gasteiger partial charge in [-0.2, -0.15) is 10.2 Å². The third kappa shape index (κ3) is 8.58. The summed E-state index contributed by atoms with van der Waals surface area (Å²) in [6.07, 6.45) is 4.52. The normalized spacial score (nSPS) is 14.1. The number of ether oxygens (including phenoxy) is 3. The molecular weight excluding hydrogens is 811 g/mol. The Morgan fingerprint density at radius 2 is 1.48 bits per heavy atom. The number of imidazole rings is 2. The number of carbonyl (C=O) groups is 4. The van der Waals surface area contributed by atoms with Gasteiger partial charge >= 0.3 is 0 Å². The average molecular weight is 862 g/mol. The summed E-state index contributed by atoms with van der Waals surface area (Å²) in [5, 5.41) is 17.7. The molecule has 2 aliphatic rings. The number of fused-ring (bicyclic) bond motifs is 4. The van der Waals surface area contributed by atoms with Crippen molar-refractivity contribution in [1.29, 1.82) is 0 Å². The number of morpholine rings is 1. The van der Waals surface area contributed by atoms with Gasteiger partial charge in [0.25, 0.3) is 17.7 Å². The number of nitrogens with zero attached hydrogens (tertiary/aromatic N) is 9. The van der Waals surface area contributed by atoms with Gasteiger partial charge in [-0.05, 0) is 64.4 Å². The molecule has 0 bridgehead atoms. The molecule has 63 heavy (non-hydrogen) atoms. The van der Waals surface area contributed by atoms with Crippen LogP contribution in [0.2, 0.25) is 0 Å². The molecule has 8 rings (SSSR count). The zero-order valence-corrected chi connectivity index (χ0v) is 36.0. The number of methoxy groups -OCH3 is 1. The molecule has 4 amide bonds. The first kappa shape index (κ1) is 42.6. The number of rotatable bonds is 17. The number of benzene rings is 2. The number of aryl methyl sites for hydroxylation is 4. The van der Waals surface area contributed by atoms with Gasteiger partial charge in [-0.15, -0.1) is 0 Å². The maximum absolute atomic E-state index is 13.9. The van der Waals surface area contributed by atoms with Gasteiger partial charge in [0.1, 0.15) is 39.4 Å². The van der Waals surface area contributed by atoms with E-state index in [4.69, 9.17) is 29.9 Å². The Kier molecular flexibility index (Phi) is 12.3. The lowest BCUT2D eigenvalue weighted by Gasteiger charge is -2.26. The van der Waals surface area contributed by atoms with Crippen LogP contribution in [0.5, 0.6) is 11.5 Å². The summed E-state index contributed by atoms with van der Waals surface area (Å²) in [4.78, 5) is 65.0. The lowest BCUT2D eigenvalue weighted by atomic mass is 10.1. The topological polar surface area (TPSA) is 233 Å². The zero-order chi connectivity index (χ0) is 44.4. The number of nitrogens with two attached hydrogens (primary N) is 1. The highest BCUT2D eigenvalue weighted by molar-refractivity contribution is 6.07. The van der Waals surface area contributed by atoms with Crippen molar-refractivity contribution in [2.75, 3.05) is 57.2 Å². The molecule has 1 fully saturated rings. The van der Waals surface area contributed by atoms with Gasteiger partial charge in [-0.25, -0.2) is 9.97 Å². The fourth-order valence-corrected chi connectivity index (χ4v) is 8.08. The van der Waals surface area contributed by atoms with Crippen LogP contribution < -0.4 is 31.2 Å². The standard InChI is InChI=1S/C43H51N13O7/c1-6-55-31(19-25(3)50-55)40(59)48-42-46-30-21-27(38(44)57)22-33(61-5)36(30)53(42)12-8-9-13-54-37-34(63-16-10-11-52-14-17-62-18-15-52)23-28-29(24-45-39(28)58)35(37)47-43(54)49-41(60)32-20-26(4)51-56(32)7-2/h8-9,19-23H,6-7,10-18,24H2,1-5H3,(H2,44,57)(H,45,58)(H,46,48,59)(H,47,49,60)/b9-8+. The van der Waals surface area contributed by atoms with Crippen molar-refractivity contribution in [3.63, 3.8) is 0 Å². The van der Waals surface area contributed by atoms with Crippen molar-refractivity contribution in [2.45, 2.75) is 66.8 Å². The molecule has 330 valence electrons. The number of hydrogen-bond donors (Lipinski definition) is 4. The van der Waals surface area contributed by atoms with Gasteiger partial charge in [0.05, 0.1) is 49.4 Å². The van der Waals surface area contributed by atoms with Gasteiger partial charge in [-0.3, -0.25) is 44.1 Å². The Bertz CT molecular complexity index is 2770. The maximum atomic E-state index is 13.9. The van der Waals surface area contributed by atoms with Crippen LogP contribution in [0.3, 0.4) is 0 Å². The highest BCUT2D eigenvalue weighted by Gasteiger charge is 2.29. The molecule has 2 aromatic carbocycles. The number of carbonyl (C=O) groups excluding carboxylic acids is 4. The van der Waals surface area contributed by atoms with E-state index in [9.17, 15) is 19.2 Å². The molecule has 5 N–H and O–H groups in total. The quantitative estimate of drug-likeness (QED) is 0.0761. The zero-order valence-electron chi connectivity index (χ0n) is 36.0. The second-order valence-electron chi connectivity index (χ2n) is 15.3. The van der Waals surface area contributed by atoms with Crippen molar-refractivity contribution >= 4 is 57.6 Å². The Labute approximate surface area is 362 Å². The van der Waals surface area contributed by atoms with E-state index >= 15 is 0 Å². The van der Waals surface area contributed by atoms with E-state index in [1.807, 2.05) is 44.4 Å². The Hall–Kier alpha value is -7.06. The highest BCUT2D eigenvalue weighted by Crippen LogP contribution is 2.37. The highest BCUT2D eigenvalue weighted by atomic mass is 16.5. The summed E-state index contributed by atoms with van der Waals surface area (Å²) in [6.45, 7) is 13.4. The summed E-state index contributed by atoms with van der Waals surface area (Å²) < 4.78 is 24.6. The van der Waals surface area contributed by atoms with Crippen LogP contribution in [0.25, 0.3) is 22.1 Å². The van der Waals surface area contributed by atoms with Crippen LogP contribution in [-0.4, -0.2) is 114 Å². The molecule has 0 unspecified atom stereocenters. The Balaban J connectivity index is 1.16. The summed E-state index contributed by atoms with van der Waals surface area (Å²) in [5.74, 6) is -0.470. The molecule has 20 nitrogen and oxygen atoms in total. The van der Waals surface area contributed by atoms with Crippen LogP contribution in [0.15, 0.2) is 42.5 Å². The first-order chi connectivity index (χ1) is 30.5. The summed E-state index contributed by atoms with van der Waals surface area (Å²) in [6, 6.07) is 8.26. The maximum Gasteiger partial charge on any atom is 0.276 e. The summed E-state index contributed by atoms with van der Waals surface area (Å²) >= 11 is 0. The molecule has 1 saturated heterocycles. The Morgan fingerprint density at radius 1 is 0.857 bits per heavy atom. The number of allylic oxidation sites excluding steroid dienone is 2. The number of primary amides is 1. The van der Waals surface area contributed by atoms with E-state index in [-0.39, 0.29) is 43.0 Å². The molecule has 6 aromatic rings. The first-order valence-corrected chi connectivity index (χ1v) is 21.0. The minimum Gasteiger partial charge on any atom is -0.494 e. The second kappa shape index (κ2) is 18.1. The van der Waals surface area contributed by atoms with E-state index in [0.29, 0.717) is 100 Å². The van der Waals surface area contributed by atoms with Crippen LogP contribution >= 0.6 is 0 Å². The molecular formula is C43H51N13O7. The third-order valence-electron chi connectivity index (χ3n) is 11.1. The minimum atomic E-state index is -0.659. The largest absolute Gasteiger partial charge is 0.494 e. The van der Waals surface area contributed by atoms with Crippen molar-refractivity contribution in [1.82, 2.24) is 48.9 Å². The average Bonchev–Trinajstić information content (AvgIpc) is 4.10. The minimum absolute atomic E-state index is 0.187. The lowest BCUT2D eigenvalue weighted by molar-refractivity contribution is 0.0358. The van der Waals surface area contributed by atoms with Gasteiger partial charge in [0, 0.05) is 63.5 Å². The van der Waals surface area contributed by atoms with E-state index in [2.05, 4.69) is 31.0 Å². The van der Waals surface area contributed by atoms with Gasteiger partial charge in [0.15, 0.2) is 0 Å². The van der Waals surface area contributed by atoms with Gasteiger partial charge in [0.2, 0.25) is 17.8 Å². The predicted molar refractivity (Wildman–Crippen MR) is 233 cm³/mol. The molecule has 20 heteroatoms. The summed E-state index contributed by atoms with van der Waals surface area (Å²) in [7, 11) is 1.48. The van der Waals surface area contributed by atoms with Crippen molar-refractivity contribution in [2.24, 2.45) is 5.73 Å². The lowest BCUT2D eigenvalue weighted by Crippen LogP contribution is -2.37. The fraction of sp³-hybridized carbons (Fsp3) is 0.395. The monoisotopic (exact) mass is 861 g/mol. The summed E-state index contributed by atoms with van der Waals surface area (Å²) in [5.41, 5.74) is 11.2. The van der Waals surface area contributed by atoms with Crippen molar-refractivity contribution in [3.8, 4) is 11.5 Å². The fourth-order valence-electron chi connectivity index (χ4n) is 8.08. The molecule has 4 aromatic heterocycles. The first-order valence-electron chi connectivity index (χ1n) is 21.0. The van der Waals surface area contributed by atoms with Crippen molar-refractivity contribution in [3.05, 3.63) is 81.9 Å².